The van der Waals surface area contributed by atoms with Crippen LogP contribution in [0.1, 0.15) is 40.2 Å². The predicted octanol–water partition coefficient (Wildman–Crippen LogP) is 6.07. The van der Waals surface area contributed by atoms with Gasteiger partial charge in [-0.15, -0.1) is 0 Å². The Morgan fingerprint density at radius 3 is 1.57 bits per heavy atom. The summed E-state index contributed by atoms with van der Waals surface area (Å²) >= 11 is 0. The molecule has 23 heavy (non-hydrogen) atoms. The first-order valence-corrected chi connectivity index (χ1v) is 8.39. The zero-order chi connectivity index (χ0) is 16.1. The second-order valence-corrected chi connectivity index (χ2v) is 6.40. The molecule has 0 spiro atoms. The molecule has 0 unspecified atom stereocenters. The fraction of sp³-hybridized carbons (Fsp3) is 0.217. The molecule has 0 saturated carbocycles. The summed E-state index contributed by atoms with van der Waals surface area (Å²) in [6, 6.07) is 28.8. The van der Waals surface area contributed by atoms with Gasteiger partial charge in [-0.3, -0.25) is 0 Å². The Balaban J connectivity index is 1.86. The van der Waals surface area contributed by atoms with Gasteiger partial charge in [0.25, 0.3) is 0 Å². The van der Waals surface area contributed by atoms with Crippen LogP contribution in [0.4, 0.5) is 0 Å². The van der Waals surface area contributed by atoms with Gasteiger partial charge in [-0.1, -0.05) is 90.0 Å². The molecule has 0 heterocycles. The van der Waals surface area contributed by atoms with Crippen LogP contribution in [0.25, 0.3) is 0 Å². The summed E-state index contributed by atoms with van der Waals surface area (Å²) < 4.78 is 0. The highest BCUT2D eigenvalue weighted by Gasteiger charge is 2.14. The van der Waals surface area contributed by atoms with Crippen molar-refractivity contribution in [3.05, 3.63) is 107 Å². The lowest BCUT2D eigenvalue weighted by molar-refractivity contribution is 0.715. The Labute approximate surface area is 139 Å². The number of rotatable bonds is 5. The van der Waals surface area contributed by atoms with Crippen LogP contribution in [-0.2, 0) is 6.42 Å². The van der Waals surface area contributed by atoms with Gasteiger partial charge in [0.05, 0.1) is 0 Å². The van der Waals surface area contributed by atoms with Crippen LogP contribution in [0.15, 0.2) is 78.9 Å². The average molecular weight is 300 g/mol. The van der Waals surface area contributed by atoms with Crippen LogP contribution >= 0.6 is 0 Å². The van der Waals surface area contributed by atoms with Crippen molar-refractivity contribution in [2.24, 2.45) is 0 Å². The molecule has 3 aromatic carbocycles. The van der Waals surface area contributed by atoms with Gasteiger partial charge in [0.1, 0.15) is 0 Å². The van der Waals surface area contributed by atoms with E-state index in [9.17, 15) is 0 Å². The number of aryl methyl sites for hydroxylation is 3. The molecule has 0 aliphatic carbocycles. The van der Waals surface area contributed by atoms with Crippen LogP contribution in [-0.4, -0.2) is 0 Å². The minimum absolute atomic E-state index is 0.455. The SMILES string of the molecule is Cc1ccc(C(CCc2ccccc2)c2ccc(C)cc2)cc1. The average Bonchev–Trinajstić information content (AvgIpc) is 2.59. The quantitative estimate of drug-likeness (QED) is 0.536. The van der Waals surface area contributed by atoms with Gasteiger partial charge < -0.3 is 0 Å². The van der Waals surface area contributed by atoms with Crippen molar-refractivity contribution >= 4 is 0 Å². The number of hydrogen-bond acceptors (Lipinski definition) is 0. The maximum absolute atomic E-state index is 2.28. The fourth-order valence-corrected chi connectivity index (χ4v) is 3.08. The Bertz CT molecular complexity index is 676. The minimum atomic E-state index is 0.455. The summed E-state index contributed by atoms with van der Waals surface area (Å²) in [5.41, 5.74) is 6.88. The second-order valence-electron chi connectivity index (χ2n) is 6.40. The van der Waals surface area contributed by atoms with Crippen molar-refractivity contribution in [1.29, 1.82) is 0 Å². The summed E-state index contributed by atoms with van der Waals surface area (Å²) in [6.45, 7) is 4.29. The third-order valence-corrected chi connectivity index (χ3v) is 4.52. The molecule has 0 aliphatic rings. The molecule has 0 atom stereocenters. The largest absolute Gasteiger partial charge is 0.0622 e. The normalized spacial score (nSPS) is 10.9. The fourth-order valence-electron chi connectivity index (χ4n) is 3.08. The highest BCUT2D eigenvalue weighted by atomic mass is 14.2. The molecule has 3 rings (SSSR count). The lowest BCUT2D eigenvalue weighted by Crippen LogP contribution is -2.03. The van der Waals surface area contributed by atoms with Crippen molar-refractivity contribution < 1.29 is 0 Å². The van der Waals surface area contributed by atoms with E-state index in [4.69, 9.17) is 0 Å². The van der Waals surface area contributed by atoms with Gasteiger partial charge in [-0.2, -0.15) is 0 Å². The van der Waals surface area contributed by atoms with Crippen molar-refractivity contribution in [2.75, 3.05) is 0 Å². The van der Waals surface area contributed by atoms with E-state index in [0.717, 1.165) is 12.8 Å². The number of benzene rings is 3. The molecule has 0 saturated heterocycles. The molecule has 0 nitrogen and oxygen atoms in total. The summed E-state index contributed by atoms with van der Waals surface area (Å²) in [7, 11) is 0. The molecule has 0 fully saturated rings. The molecule has 0 aromatic heterocycles. The summed E-state index contributed by atoms with van der Waals surface area (Å²) in [5.74, 6) is 0.455. The van der Waals surface area contributed by atoms with Gasteiger partial charge in [0.15, 0.2) is 0 Å². The van der Waals surface area contributed by atoms with Crippen molar-refractivity contribution in [2.45, 2.75) is 32.6 Å². The molecule has 3 aromatic rings. The Hall–Kier alpha value is -2.34. The Morgan fingerprint density at radius 2 is 1.09 bits per heavy atom. The van der Waals surface area contributed by atoms with Gasteiger partial charge in [-0.05, 0) is 43.4 Å². The number of hydrogen-bond donors (Lipinski definition) is 0. The van der Waals surface area contributed by atoms with E-state index in [2.05, 4.69) is 92.7 Å². The molecule has 0 heteroatoms. The molecule has 116 valence electrons. The van der Waals surface area contributed by atoms with E-state index < -0.39 is 0 Å². The lowest BCUT2D eigenvalue weighted by atomic mass is 9.86. The van der Waals surface area contributed by atoms with Crippen LogP contribution in [0, 0.1) is 13.8 Å². The van der Waals surface area contributed by atoms with Gasteiger partial charge in [0.2, 0.25) is 0 Å². The third-order valence-electron chi connectivity index (χ3n) is 4.52. The first-order chi connectivity index (χ1) is 11.2. The molecule has 0 bridgehead atoms. The van der Waals surface area contributed by atoms with Gasteiger partial charge in [0, 0.05) is 5.92 Å². The summed E-state index contributed by atoms with van der Waals surface area (Å²) in [4.78, 5) is 0. The van der Waals surface area contributed by atoms with Crippen LogP contribution in [0.2, 0.25) is 0 Å². The van der Waals surface area contributed by atoms with E-state index in [1.807, 2.05) is 0 Å². The topological polar surface area (TPSA) is 0 Å². The predicted molar refractivity (Wildman–Crippen MR) is 99.0 cm³/mol. The standard InChI is InChI=1S/C23H24/c1-18-8-13-21(14-9-18)23(22-15-10-19(2)11-16-22)17-12-20-6-4-3-5-7-20/h3-11,13-16,23H,12,17H2,1-2H3. The van der Waals surface area contributed by atoms with Crippen molar-refractivity contribution in [3.8, 4) is 0 Å². The molecule has 0 amide bonds. The Morgan fingerprint density at radius 1 is 0.609 bits per heavy atom. The van der Waals surface area contributed by atoms with E-state index >= 15 is 0 Å². The van der Waals surface area contributed by atoms with Crippen LogP contribution < -0.4 is 0 Å². The van der Waals surface area contributed by atoms with E-state index in [1.165, 1.54) is 27.8 Å². The third kappa shape index (κ3) is 4.10. The maximum atomic E-state index is 2.28. The Kier molecular flexibility index (Phi) is 4.92. The molecular weight excluding hydrogens is 276 g/mol. The summed E-state index contributed by atoms with van der Waals surface area (Å²) in [5, 5.41) is 0. The summed E-state index contributed by atoms with van der Waals surface area (Å²) in [6.07, 6.45) is 2.24. The van der Waals surface area contributed by atoms with Crippen LogP contribution in [0.5, 0.6) is 0 Å². The van der Waals surface area contributed by atoms with E-state index in [0.29, 0.717) is 5.92 Å². The van der Waals surface area contributed by atoms with Gasteiger partial charge >= 0.3 is 0 Å². The van der Waals surface area contributed by atoms with Crippen LogP contribution in [0.3, 0.4) is 0 Å². The zero-order valence-electron chi connectivity index (χ0n) is 14.0. The second kappa shape index (κ2) is 7.28. The highest BCUT2D eigenvalue weighted by molar-refractivity contribution is 5.35. The first-order valence-electron chi connectivity index (χ1n) is 8.39. The monoisotopic (exact) mass is 300 g/mol. The maximum Gasteiger partial charge on any atom is 0.00925 e. The minimum Gasteiger partial charge on any atom is -0.0622 e. The van der Waals surface area contributed by atoms with Crippen molar-refractivity contribution in [1.82, 2.24) is 0 Å². The van der Waals surface area contributed by atoms with E-state index in [-0.39, 0.29) is 0 Å². The highest BCUT2D eigenvalue weighted by Crippen LogP contribution is 2.30. The lowest BCUT2D eigenvalue weighted by Gasteiger charge is -2.19. The molecule has 0 N–H and O–H groups in total. The van der Waals surface area contributed by atoms with E-state index in [1.54, 1.807) is 0 Å². The molecule has 0 aliphatic heterocycles. The van der Waals surface area contributed by atoms with Crippen molar-refractivity contribution in [3.63, 3.8) is 0 Å². The molecular formula is C23H24. The molecule has 0 radical (unpaired) electrons. The smallest absolute Gasteiger partial charge is 0.00925 e. The first kappa shape index (κ1) is 15.6. The van der Waals surface area contributed by atoms with Gasteiger partial charge in [-0.25, -0.2) is 0 Å². The zero-order valence-corrected chi connectivity index (χ0v) is 14.0.